The van der Waals surface area contributed by atoms with Crippen LogP contribution in [0.4, 0.5) is 0 Å². The highest BCUT2D eigenvalue weighted by molar-refractivity contribution is 7.99. The van der Waals surface area contributed by atoms with Gasteiger partial charge in [-0.25, -0.2) is 4.98 Å². The molecule has 0 spiro atoms. The van der Waals surface area contributed by atoms with Crippen LogP contribution in [0.3, 0.4) is 0 Å². The highest BCUT2D eigenvalue weighted by Crippen LogP contribution is 2.30. The normalized spacial score (nSPS) is 30.8. The lowest BCUT2D eigenvalue weighted by Crippen LogP contribution is -2.30. The van der Waals surface area contributed by atoms with E-state index in [0.29, 0.717) is 12.0 Å². The maximum Gasteiger partial charge on any atom is 0.111 e. The van der Waals surface area contributed by atoms with Gasteiger partial charge in [-0.1, -0.05) is 0 Å². The summed E-state index contributed by atoms with van der Waals surface area (Å²) in [6, 6.07) is 0.472. The monoisotopic (exact) mass is 256 g/mol. The molecule has 2 aliphatic heterocycles. The van der Waals surface area contributed by atoms with Gasteiger partial charge >= 0.3 is 0 Å². The molecule has 2 saturated heterocycles. The van der Waals surface area contributed by atoms with E-state index in [1.54, 1.807) is 11.3 Å². The Labute approximate surface area is 104 Å². The Bertz CT molecular complexity index is 344. The third kappa shape index (κ3) is 2.27. The number of hydrogen-bond acceptors (Lipinski definition) is 5. The summed E-state index contributed by atoms with van der Waals surface area (Å²) >= 11 is 3.82. The van der Waals surface area contributed by atoms with Crippen LogP contribution in [0, 0.1) is 0 Å². The van der Waals surface area contributed by atoms with Gasteiger partial charge in [0.1, 0.15) is 5.01 Å². The Balaban J connectivity index is 1.71. The fourth-order valence-electron chi connectivity index (χ4n) is 2.14. The van der Waals surface area contributed by atoms with Crippen molar-refractivity contribution in [1.29, 1.82) is 0 Å². The molecule has 0 aliphatic carbocycles. The lowest BCUT2D eigenvalue weighted by molar-refractivity contribution is 0.193. The molecule has 2 unspecified atom stereocenters. The number of thiazole rings is 1. The maximum absolute atomic E-state index is 5.41. The van der Waals surface area contributed by atoms with Gasteiger partial charge < -0.3 is 10.1 Å². The van der Waals surface area contributed by atoms with Crippen molar-refractivity contribution >= 4 is 23.1 Å². The van der Waals surface area contributed by atoms with Gasteiger partial charge in [-0.2, -0.15) is 11.8 Å². The minimum atomic E-state index is 0.472. The second-order valence-corrected chi connectivity index (χ2v) is 6.29. The number of nitrogens with zero attached hydrogens (tertiary/aromatic N) is 1. The molecule has 0 aromatic carbocycles. The Morgan fingerprint density at radius 2 is 2.50 bits per heavy atom. The topological polar surface area (TPSA) is 34.2 Å². The average Bonchev–Trinajstić information content (AvgIpc) is 3.01. The second-order valence-electron chi connectivity index (χ2n) is 4.25. The van der Waals surface area contributed by atoms with Crippen LogP contribution in [0.2, 0.25) is 0 Å². The first-order valence-electron chi connectivity index (χ1n) is 5.77. The number of rotatable bonds is 2. The number of hydrogen-bond donors (Lipinski definition) is 1. The Morgan fingerprint density at radius 3 is 3.25 bits per heavy atom. The SMILES string of the molecule is c1sc(C2CSCCN2)nc1C1CCOC1. The van der Waals surface area contributed by atoms with E-state index in [4.69, 9.17) is 9.72 Å². The van der Waals surface area contributed by atoms with Crippen LogP contribution in [0.15, 0.2) is 5.38 Å². The first-order chi connectivity index (χ1) is 7.93. The summed E-state index contributed by atoms with van der Waals surface area (Å²) in [7, 11) is 0. The molecular weight excluding hydrogens is 240 g/mol. The van der Waals surface area contributed by atoms with Crippen molar-refractivity contribution in [2.45, 2.75) is 18.4 Å². The maximum atomic E-state index is 5.41. The van der Waals surface area contributed by atoms with Crippen LogP contribution in [0.1, 0.15) is 29.1 Å². The number of ether oxygens (including phenoxy) is 1. The third-order valence-corrected chi connectivity index (χ3v) is 5.15. The molecule has 0 bridgehead atoms. The molecule has 1 aromatic heterocycles. The van der Waals surface area contributed by atoms with Gasteiger partial charge in [-0.05, 0) is 6.42 Å². The Hall–Kier alpha value is -0.100. The molecule has 5 heteroatoms. The van der Waals surface area contributed by atoms with Crippen LogP contribution < -0.4 is 5.32 Å². The number of aromatic nitrogens is 1. The zero-order valence-electron chi connectivity index (χ0n) is 9.15. The molecule has 0 radical (unpaired) electrons. The molecule has 3 heterocycles. The van der Waals surface area contributed by atoms with Gasteiger partial charge in [0.15, 0.2) is 0 Å². The van der Waals surface area contributed by atoms with Crippen molar-refractivity contribution in [2.24, 2.45) is 0 Å². The molecule has 3 nitrogen and oxygen atoms in total. The van der Waals surface area contributed by atoms with E-state index in [1.807, 2.05) is 11.8 Å². The highest BCUT2D eigenvalue weighted by Gasteiger charge is 2.23. The van der Waals surface area contributed by atoms with Crippen LogP contribution in [-0.4, -0.2) is 36.2 Å². The molecule has 16 heavy (non-hydrogen) atoms. The summed E-state index contributed by atoms with van der Waals surface area (Å²) in [5, 5.41) is 7.01. The van der Waals surface area contributed by atoms with Crippen molar-refractivity contribution in [1.82, 2.24) is 10.3 Å². The summed E-state index contributed by atoms with van der Waals surface area (Å²) in [5.74, 6) is 2.93. The van der Waals surface area contributed by atoms with Crippen LogP contribution >= 0.6 is 23.1 Å². The van der Waals surface area contributed by atoms with Gasteiger partial charge in [0, 0.05) is 36.0 Å². The number of thioether (sulfide) groups is 1. The van der Waals surface area contributed by atoms with E-state index in [0.717, 1.165) is 31.9 Å². The zero-order valence-corrected chi connectivity index (χ0v) is 10.8. The zero-order chi connectivity index (χ0) is 10.8. The quantitative estimate of drug-likeness (QED) is 0.878. The molecule has 2 atom stereocenters. The van der Waals surface area contributed by atoms with Crippen LogP contribution in [-0.2, 0) is 4.74 Å². The molecular formula is C11H16N2OS2. The number of nitrogens with one attached hydrogen (secondary N) is 1. The predicted molar refractivity (Wildman–Crippen MR) is 68.4 cm³/mol. The van der Waals surface area contributed by atoms with Gasteiger partial charge in [-0.15, -0.1) is 11.3 Å². The van der Waals surface area contributed by atoms with E-state index in [2.05, 4.69) is 10.7 Å². The van der Waals surface area contributed by atoms with Crippen molar-refractivity contribution < 1.29 is 4.74 Å². The summed E-state index contributed by atoms with van der Waals surface area (Å²) in [6.07, 6.45) is 1.13. The summed E-state index contributed by atoms with van der Waals surface area (Å²) < 4.78 is 5.41. The van der Waals surface area contributed by atoms with Crippen LogP contribution in [0.5, 0.6) is 0 Å². The standard InChI is InChI=1S/C11H16N2OS2/c1-3-14-5-8(1)9-7-16-11(13-9)10-6-15-4-2-12-10/h7-8,10,12H,1-6H2. The van der Waals surface area contributed by atoms with Crippen molar-refractivity contribution in [3.05, 3.63) is 16.1 Å². The summed E-state index contributed by atoms with van der Waals surface area (Å²) in [4.78, 5) is 4.78. The molecule has 3 rings (SSSR count). The smallest absolute Gasteiger partial charge is 0.111 e. The van der Waals surface area contributed by atoms with Crippen molar-refractivity contribution in [3.63, 3.8) is 0 Å². The van der Waals surface area contributed by atoms with Gasteiger partial charge in [0.05, 0.1) is 18.3 Å². The lowest BCUT2D eigenvalue weighted by Gasteiger charge is -2.20. The van der Waals surface area contributed by atoms with Crippen LogP contribution in [0.25, 0.3) is 0 Å². The minimum Gasteiger partial charge on any atom is -0.381 e. The van der Waals surface area contributed by atoms with E-state index in [-0.39, 0.29) is 0 Å². The highest BCUT2D eigenvalue weighted by atomic mass is 32.2. The molecule has 2 aliphatic rings. The second kappa shape index (κ2) is 5.04. The van der Waals surface area contributed by atoms with E-state index in [9.17, 15) is 0 Å². The van der Waals surface area contributed by atoms with E-state index in [1.165, 1.54) is 16.5 Å². The summed E-state index contributed by atoms with van der Waals surface area (Å²) in [5.41, 5.74) is 1.25. The Morgan fingerprint density at radius 1 is 1.50 bits per heavy atom. The molecule has 2 fully saturated rings. The predicted octanol–water partition coefficient (Wildman–Crippen LogP) is 2.02. The third-order valence-electron chi connectivity index (χ3n) is 3.11. The molecule has 1 aromatic rings. The first kappa shape index (κ1) is 11.0. The fourth-order valence-corrected chi connectivity index (χ4v) is 4.16. The largest absolute Gasteiger partial charge is 0.381 e. The first-order valence-corrected chi connectivity index (χ1v) is 7.81. The van der Waals surface area contributed by atoms with Gasteiger partial charge in [-0.3, -0.25) is 0 Å². The van der Waals surface area contributed by atoms with Gasteiger partial charge in [0.25, 0.3) is 0 Å². The van der Waals surface area contributed by atoms with Gasteiger partial charge in [0.2, 0.25) is 0 Å². The lowest BCUT2D eigenvalue weighted by atomic mass is 10.1. The molecule has 0 saturated carbocycles. The van der Waals surface area contributed by atoms with E-state index < -0.39 is 0 Å². The minimum absolute atomic E-state index is 0.472. The summed E-state index contributed by atoms with van der Waals surface area (Å²) in [6.45, 7) is 2.86. The average molecular weight is 256 g/mol. The fraction of sp³-hybridized carbons (Fsp3) is 0.727. The molecule has 0 amide bonds. The van der Waals surface area contributed by atoms with E-state index >= 15 is 0 Å². The Kier molecular flexibility index (Phi) is 3.47. The van der Waals surface area contributed by atoms with Crippen molar-refractivity contribution in [3.8, 4) is 0 Å². The molecule has 1 N–H and O–H groups in total. The van der Waals surface area contributed by atoms with Crippen molar-refractivity contribution in [2.75, 3.05) is 31.3 Å². The molecule has 88 valence electrons.